The minimum Gasteiger partial charge on any atom is -0.355 e. The summed E-state index contributed by atoms with van der Waals surface area (Å²) >= 11 is 6.28. The Labute approximate surface area is 130 Å². The van der Waals surface area contributed by atoms with Gasteiger partial charge in [0.2, 0.25) is 5.91 Å². The zero-order chi connectivity index (χ0) is 15.0. The molecule has 1 aliphatic rings. The monoisotopic (exact) mass is 304 g/mol. The van der Waals surface area contributed by atoms with Gasteiger partial charge in [-0.2, -0.15) is 0 Å². The molecule has 0 fully saturated rings. The molecule has 1 aromatic carbocycles. The van der Waals surface area contributed by atoms with Crippen LogP contribution in [0.2, 0.25) is 5.02 Å². The number of para-hydroxylation sites is 1. The molecule has 3 rings (SSSR count). The van der Waals surface area contributed by atoms with Crippen molar-refractivity contribution < 1.29 is 4.79 Å². The second kappa shape index (κ2) is 5.72. The van der Waals surface area contributed by atoms with Crippen molar-refractivity contribution in [1.82, 2.24) is 10.3 Å². The van der Waals surface area contributed by atoms with Gasteiger partial charge < -0.3 is 10.3 Å². The van der Waals surface area contributed by atoms with Crippen molar-refractivity contribution >= 4 is 28.4 Å². The molecule has 21 heavy (non-hydrogen) atoms. The molecule has 112 valence electrons. The Kier molecular flexibility index (Phi) is 3.94. The average Bonchev–Trinajstić information content (AvgIpc) is 2.79. The summed E-state index contributed by atoms with van der Waals surface area (Å²) in [5, 5.41) is 5.11. The van der Waals surface area contributed by atoms with Gasteiger partial charge in [0.05, 0.1) is 16.6 Å². The molecular weight excluding hydrogens is 284 g/mol. The third-order valence-electron chi connectivity index (χ3n) is 4.12. The van der Waals surface area contributed by atoms with Crippen LogP contribution in [0.3, 0.4) is 0 Å². The first-order valence-corrected chi connectivity index (χ1v) is 8.02. The Bertz CT molecular complexity index is 675. The molecule has 4 heteroatoms. The Balaban J connectivity index is 1.93. The SMILES string of the molecule is CC(C)CC(=O)N[C@@H]1CCCc2c1[nH]c1c(Cl)cccc21. The van der Waals surface area contributed by atoms with E-state index in [1.807, 2.05) is 12.1 Å². The van der Waals surface area contributed by atoms with Gasteiger partial charge in [-0.25, -0.2) is 0 Å². The second-order valence-corrected chi connectivity index (χ2v) is 6.70. The summed E-state index contributed by atoms with van der Waals surface area (Å²) in [5.74, 6) is 0.512. The van der Waals surface area contributed by atoms with E-state index >= 15 is 0 Å². The summed E-state index contributed by atoms with van der Waals surface area (Å²) in [7, 11) is 0. The quantitative estimate of drug-likeness (QED) is 0.869. The summed E-state index contributed by atoms with van der Waals surface area (Å²) in [6, 6.07) is 6.08. The molecule has 0 radical (unpaired) electrons. The van der Waals surface area contributed by atoms with Crippen molar-refractivity contribution in [3.8, 4) is 0 Å². The van der Waals surface area contributed by atoms with Crippen molar-refractivity contribution in [3.05, 3.63) is 34.5 Å². The van der Waals surface area contributed by atoms with Crippen LogP contribution in [-0.2, 0) is 11.2 Å². The van der Waals surface area contributed by atoms with Crippen LogP contribution >= 0.6 is 11.6 Å². The van der Waals surface area contributed by atoms with E-state index in [0.29, 0.717) is 12.3 Å². The third kappa shape index (κ3) is 2.80. The predicted molar refractivity (Wildman–Crippen MR) is 86.6 cm³/mol. The van der Waals surface area contributed by atoms with Crippen LogP contribution < -0.4 is 5.32 Å². The van der Waals surface area contributed by atoms with E-state index in [-0.39, 0.29) is 11.9 Å². The Morgan fingerprint density at radius 3 is 3.05 bits per heavy atom. The average molecular weight is 305 g/mol. The van der Waals surface area contributed by atoms with Gasteiger partial charge in [-0.05, 0) is 36.8 Å². The first kappa shape index (κ1) is 14.5. The summed E-state index contributed by atoms with van der Waals surface area (Å²) in [6.07, 6.45) is 3.71. The lowest BCUT2D eigenvalue weighted by Gasteiger charge is -2.24. The van der Waals surface area contributed by atoms with E-state index in [0.717, 1.165) is 35.5 Å². The van der Waals surface area contributed by atoms with Crippen LogP contribution in [0.1, 0.15) is 50.4 Å². The summed E-state index contributed by atoms with van der Waals surface area (Å²) in [6.45, 7) is 4.13. The van der Waals surface area contributed by atoms with Crippen molar-refractivity contribution in [2.24, 2.45) is 5.92 Å². The van der Waals surface area contributed by atoms with Crippen molar-refractivity contribution in [1.29, 1.82) is 0 Å². The first-order chi connectivity index (χ1) is 10.1. The number of benzene rings is 1. The third-order valence-corrected chi connectivity index (χ3v) is 4.44. The molecule has 1 atom stereocenters. The number of aromatic nitrogens is 1. The number of carbonyl (C=O) groups excluding carboxylic acids is 1. The van der Waals surface area contributed by atoms with Gasteiger partial charge in [0, 0.05) is 17.5 Å². The Hall–Kier alpha value is -1.48. The first-order valence-electron chi connectivity index (χ1n) is 7.64. The number of hydrogen-bond donors (Lipinski definition) is 2. The standard InChI is InChI=1S/C17H21ClN2O/c1-10(2)9-15(21)19-14-8-4-6-12-11-5-3-7-13(18)16(11)20-17(12)14/h3,5,7,10,14,20H,4,6,8-9H2,1-2H3,(H,19,21)/t14-/m1/s1. The van der Waals surface area contributed by atoms with Gasteiger partial charge >= 0.3 is 0 Å². The van der Waals surface area contributed by atoms with E-state index in [4.69, 9.17) is 11.6 Å². The zero-order valence-corrected chi connectivity index (χ0v) is 13.3. The van der Waals surface area contributed by atoms with E-state index in [9.17, 15) is 4.79 Å². The van der Waals surface area contributed by atoms with E-state index in [1.165, 1.54) is 10.9 Å². The van der Waals surface area contributed by atoms with E-state index < -0.39 is 0 Å². The largest absolute Gasteiger partial charge is 0.355 e. The second-order valence-electron chi connectivity index (χ2n) is 6.29. The van der Waals surface area contributed by atoms with Gasteiger partial charge in [-0.15, -0.1) is 0 Å². The fraction of sp³-hybridized carbons (Fsp3) is 0.471. The minimum absolute atomic E-state index is 0.0865. The van der Waals surface area contributed by atoms with Gasteiger partial charge in [0.25, 0.3) is 0 Å². The summed E-state index contributed by atoms with van der Waals surface area (Å²) in [5.41, 5.74) is 3.45. The number of hydrogen-bond acceptors (Lipinski definition) is 1. The predicted octanol–water partition coefficient (Wildman–Crippen LogP) is 4.36. The van der Waals surface area contributed by atoms with Crippen LogP contribution in [0.25, 0.3) is 10.9 Å². The highest BCUT2D eigenvalue weighted by Crippen LogP contribution is 2.36. The highest BCUT2D eigenvalue weighted by Gasteiger charge is 2.26. The van der Waals surface area contributed by atoms with Crippen LogP contribution in [0.5, 0.6) is 0 Å². The molecule has 0 bridgehead atoms. The number of aromatic amines is 1. The number of fused-ring (bicyclic) bond motifs is 3. The van der Waals surface area contributed by atoms with Gasteiger partial charge in [-0.3, -0.25) is 4.79 Å². The normalized spacial score (nSPS) is 18.0. The highest BCUT2D eigenvalue weighted by molar-refractivity contribution is 6.35. The van der Waals surface area contributed by atoms with Crippen LogP contribution in [0.4, 0.5) is 0 Å². The minimum atomic E-state index is 0.0865. The van der Waals surface area contributed by atoms with Crippen molar-refractivity contribution in [2.45, 2.75) is 45.6 Å². The number of halogens is 1. The maximum Gasteiger partial charge on any atom is 0.220 e. The number of H-pyrrole nitrogens is 1. The molecule has 0 saturated heterocycles. The lowest BCUT2D eigenvalue weighted by Crippen LogP contribution is -2.31. The van der Waals surface area contributed by atoms with Crippen molar-refractivity contribution in [3.63, 3.8) is 0 Å². The smallest absolute Gasteiger partial charge is 0.220 e. The molecule has 1 heterocycles. The topological polar surface area (TPSA) is 44.9 Å². The maximum absolute atomic E-state index is 12.1. The summed E-state index contributed by atoms with van der Waals surface area (Å²) < 4.78 is 0. The number of aryl methyl sites for hydroxylation is 1. The summed E-state index contributed by atoms with van der Waals surface area (Å²) in [4.78, 5) is 15.5. The molecule has 0 spiro atoms. The maximum atomic E-state index is 12.1. The zero-order valence-electron chi connectivity index (χ0n) is 12.5. The molecule has 0 aliphatic heterocycles. The lowest BCUT2D eigenvalue weighted by molar-refractivity contribution is -0.122. The fourth-order valence-electron chi connectivity index (χ4n) is 3.22. The van der Waals surface area contributed by atoms with Gasteiger partial charge in [0.15, 0.2) is 0 Å². The van der Waals surface area contributed by atoms with E-state index in [1.54, 1.807) is 0 Å². The molecule has 0 unspecified atom stereocenters. The number of nitrogens with one attached hydrogen (secondary N) is 2. The molecule has 2 N–H and O–H groups in total. The molecule has 2 aromatic rings. The number of rotatable bonds is 3. The van der Waals surface area contributed by atoms with Gasteiger partial charge in [0.1, 0.15) is 0 Å². The fourth-order valence-corrected chi connectivity index (χ4v) is 3.44. The number of carbonyl (C=O) groups is 1. The van der Waals surface area contributed by atoms with Crippen LogP contribution in [0.15, 0.2) is 18.2 Å². The molecule has 0 saturated carbocycles. The van der Waals surface area contributed by atoms with E-state index in [2.05, 4.69) is 30.2 Å². The molecule has 1 aliphatic carbocycles. The highest BCUT2D eigenvalue weighted by atomic mass is 35.5. The van der Waals surface area contributed by atoms with Gasteiger partial charge in [-0.1, -0.05) is 37.6 Å². The van der Waals surface area contributed by atoms with Crippen LogP contribution in [0, 0.1) is 5.92 Å². The number of amides is 1. The Morgan fingerprint density at radius 1 is 1.48 bits per heavy atom. The molecule has 1 aromatic heterocycles. The molecular formula is C17H21ClN2O. The Morgan fingerprint density at radius 2 is 2.29 bits per heavy atom. The van der Waals surface area contributed by atoms with Crippen LogP contribution in [-0.4, -0.2) is 10.9 Å². The lowest BCUT2D eigenvalue weighted by atomic mass is 9.91. The molecule has 1 amide bonds. The molecule has 3 nitrogen and oxygen atoms in total. The van der Waals surface area contributed by atoms with Crippen molar-refractivity contribution in [2.75, 3.05) is 0 Å².